The first kappa shape index (κ1) is 14.1. The summed E-state index contributed by atoms with van der Waals surface area (Å²) >= 11 is 3.49. The molecule has 0 radical (unpaired) electrons. The van der Waals surface area contributed by atoms with Crippen LogP contribution in [0.3, 0.4) is 0 Å². The van der Waals surface area contributed by atoms with Gasteiger partial charge in [-0.1, -0.05) is 15.9 Å². The molecular weight excluding hydrogens is 276 g/mol. The lowest BCUT2D eigenvalue weighted by molar-refractivity contribution is 0.466. The van der Waals surface area contributed by atoms with Crippen molar-refractivity contribution in [1.82, 2.24) is 0 Å². The third-order valence-corrected chi connectivity index (χ3v) is 3.31. The van der Waals surface area contributed by atoms with Gasteiger partial charge in [0, 0.05) is 16.7 Å². The number of hydrogen-bond acceptors (Lipinski definition) is 2. The van der Waals surface area contributed by atoms with Gasteiger partial charge in [-0.3, -0.25) is 0 Å². The van der Waals surface area contributed by atoms with Crippen LogP contribution in [0.25, 0.3) is 0 Å². The van der Waals surface area contributed by atoms with Crippen molar-refractivity contribution in [2.45, 2.75) is 34.1 Å². The number of aryl methyl sites for hydroxylation is 2. The summed E-state index contributed by atoms with van der Waals surface area (Å²) in [7, 11) is 0. The first-order valence-electron chi connectivity index (χ1n) is 5.77. The fourth-order valence-corrected chi connectivity index (χ4v) is 2.43. The highest BCUT2D eigenvalue weighted by atomic mass is 79.9. The summed E-state index contributed by atoms with van der Waals surface area (Å²) in [5, 5.41) is 12.4. The average molecular weight is 295 g/mol. The SMILES string of the molecule is Cc1cc(Br)cc(C)c1NCCC(C)(C)C#N. The van der Waals surface area contributed by atoms with E-state index in [0.717, 1.165) is 17.4 Å². The molecule has 0 amide bonds. The molecule has 0 aliphatic carbocycles. The van der Waals surface area contributed by atoms with Crippen molar-refractivity contribution in [1.29, 1.82) is 5.26 Å². The minimum Gasteiger partial charge on any atom is -0.385 e. The molecule has 92 valence electrons. The number of benzene rings is 1. The van der Waals surface area contributed by atoms with Gasteiger partial charge < -0.3 is 5.32 Å². The molecule has 0 spiro atoms. The Morgan fingerprint density at radius 3 is 2.29 bits per heavy atom. The second-order valence-corrected chi connectivity index (χ2v) is 6.00. The van der Waals surface area contributed by atoms with Gasteiger partial charge in [0.15, 0.2) is 0 Å². The van der Waals surface area contributed by atoms with E-state index in [2.05, 4.69) is 53.3 Å². The number of nitrogens with zero attached hydrogens (tertiary/aromatic N) is 1. The molecule has 0 saturated heterocycles. The summed E-state index contributed by atoms with van der Waals surface area (Å²) in [5.41, 5.74) is 3.38. The Labute approximate surface area is 112 Å². The summed E-state index contributed by atoms with van der Waals surface area (Å²) in [4.78, 5) is 0. The highest BCUT2D eigenvalue weighted by Crippen LogP contribution is 2.26. The molecule has 1 aromatic carbocycles. The third-order valence-electron chi connectivity index (χ3n) is 2.85. The Hall–Kier alpha value is -1.01. The maximum absolute atomic E-state index is 8.95. The first-order chi connectivity index (χ1) is 7.85. The Kier molecular flexibility index (Phi) is 4.59. The molecule has 0 fully saturated rings. The second kappa shape index (κ2) is 5.55. The molecule has 0 bridgehead atoms. The highest BCUT2D eigenvalue weighted by Gasteiger charge is 2.16. The van der Waals surface area contributed by atoms with E-state index in [0.29, 0.717) is 0 Å². The van der Waals surface area contributed by atoms with Crippen LogP contribution in [-0.4, -0.2) is 6.54 Å². The maximum atomic E-state index is 8.95. The summed E-state index contributed by atoms with van der Waals surface area (Å²) in [6.07, 6.45) is 0.846. The number of halogens is 1. The van der Waals surface area contributed by atoms with Gasteiger partial charge in [0.2, 0.25) is 0 Å². The molecule has 2 nitrogen and oxygen atoms in total. The van der Waals surface area contributed by atoms with Crippen LogP contribution in [0.2, 0.25) is 0 Å². The first-order valence-corrected chi connectivity index (χ1v) is 6.57. The lowest BCUT2D eigenvalue weighted by atomic mass is 9.91. The Morgan fingerprint density at radius 1 is 1.29 bits per heavy atom. The third kappa shape index (κ3) is 4.05. The van der Waals surface area contributed by atoms with Crippen LogP contribution in [0.1, 0.15) is 31.4 Å². The van der Waals surface area contributed by atoms with Crippen molar-refractivity contribution in [3.05, 3.63) is 27.7 Å². The van der Waals surface area contributed by atoms with Crippen LogP contribution in [0.5, 0.6) is 0 Å². The van der Waals surface area contributed by atoms with Gasteiger partial charge in [0.25, 0.3) is 0 Å². The quantitative estimate of drug-likeness (QED) is 0.892. The molecule has 0 saturated carbocycles. The van der Waals surface area contributed by atoms with E-state index < -0.39 is 0 Å². The van der Waals surface area contributed by atoms with E-state index in [4.69, 9.17) is 5.26 Å². The summed E-state index contributed by atoms with van der Waals surface area (Å²) in [5.74, 6) is 0. The number of hydrogen-bond donors (Lipinski definition) is 1. The van der Waals surface area contributed by atoms with E-state index in [1.807, 2.05) is 13.8 Å². The van der Waals surface area contributed by atoms with Gasteiger partial charge >= 0.3 is 0 Å². The maximum Gasteiger partial charge on any atom is 0.0684 e. The van der Waals surface area contributed by atoms with Gasteiger partial charge in [-0.05, 0) is 57.4 Å². The molecule has 0 aromatic heterocycles. The molecule has 0 heterocycles. The van der Waals surface area contributed by atoms with Crippen molar-refractivity contribution in [3.8, 4) is 6.07 Å². The van der Waals surface area contributed by atoms with Crippen LogP contribution in [0.4, 0.5) is 5.69 Å². The van der Waals surface area contributed by atoms with Gasteiger partial charge in [-0.15, -0.1) is 0 Å². The number of nitrogens with one attached hydrogen (secondary N) is 1. The van der Waals surface area contributed by atoms with Crippen LogP contribution in [0, 0.1) is 30.6 Å². The van der Waals surface area contributed by atoms with Crippen molar-refractivity contribution in [3.63, 3.8) is 0 Å². The van der Waals surface area contributed by atoms with Crippen LogP contribution in [-0.2, 0) is 0 Å². The highest BCUT2D eigenvalue weighted by molar-refractivity contribution is 9.10. The zero-order valence-electron chi connectivity index (χ0n) is 10.9. The smallest absolute Gasteiger partial charge is 0.0684 e. The average Bonchev–Trinajstić information content (AvgIpc) is 2.22. The minimum absolute atomic E-state index is 0.260. The topological polar surface area (TPSA) is 35.8 Å². The molecule has 1 aromatic rings. The molecular formula is C14H19BrN2. The Balaban J connectivity index is 2.68. The fourth-order valence-electron chi connectivity index (χ4n) is 1.75. The summed E-state index contributed by atoms with van der Waals surface area (Å²) < 4.78 is 1.11. The number of nitriles is 1. The standard InChI is InChI=1S/C14H19BrN2/c1-10-7-12(15)8-11(2)13(10)17-6-5-14(3,4)9-16/h7-8,17H,5-6H2,1-4H3. The Bertz CT molecular complexity index is 421. The second-order valence-electron chi connectivity index (χ2n) is 5.09. The van der Waals surface area contributed by atoms with Gasteiger partial charge in [-0.25, -0.2) is 0 Å². The van der Waals surface area contributed by atoms with E-state index in [1.165, 1.54) is 16.8 Å². The summed E-state index contributed by atoms with van der Waals surface area (Å²) in [6.45, 7) is 8.95. The predicted octanol–water partition coefficient (Wildman–Crippen LogP) is 4.42. The molecule has 0 aliphatic heterocycles. The summed E-state index contributed by atoms with van der Waals surface area (Å²) in [6, 6.07) is 6.52. The van der Waals surface area contributed by atoms with Crippen molar-refractivity contribution >= 4 is 21.6 Å². The molecule has 17 heavy (non-hydrogen) atoms. The van der Waals surface area contributed by atoms with Crippen LogP contribution >= 0.6 is 15.9 Å². The molecule has 0 aliphatic rings. The van der Waals surface area contributed by atoms with Crippen molar-refractivity contribution in [2.24, 2.45) is 5.41 Å². The van der Waals surface area contributed by atoms with E-state index in [1.54, 1.807) is 0 Å². The Morgan fingerprint density at radius 2 is 1.82 bits per heavy atom. The fraction of sp³-hybridized carbons (Fsp3) is 0.500. The van der Waals surface area contributed by atoms with E-state index in [-0.39, 0.29) is 5.41 Å². The van der Waals surface area contributed by atoms with E-state index >= 15 is 0 Å². The molecule has 0 atom stereocenters. The van der Waals surface area contributed by atoms with Crippen molar-refractivity contribution in [2.75, 3.05) is 11.9 Å². The number of anilines is 1. The molecule has 0 unspecified atom stereocenters. The normalized spacial score (nSPS) is 11.1. The van der Waals surface area contributed by atoms with Crippen LogP contribution in [0.15, 0.2) is 16.6 Å². The zero-order valence-corrected chi connectivity index (χ0v) is 12.5. The predicted molar refractivity (Wildman–Crippen MR) is 76.1 cm³/mol. The lowest BCUT2D eigenvalue weighted by Gasteiger charge is -2.18. The number of rotatable bonds is 4. The van der Waals surface area contributed by atoms with Gasteiger partial charge in [0.05, 0.1) is 11.5 Å². The van der Waals surface area contributed by atoms with Gasteiger partial charge in [-0.2, -0.15) is 5.26 Å². The largest absolute Gasteiger partial charge is 0.385 e. The monoisotopic (exact) mass is 294 g/mol. The molecule has 3 heteroatoms. The zero-order chi connectivity index (χ0) is 13.1. The van der Waals surface area contributed by atoms with E-state index in [9.17, 15) is 0 Å². The lowest BCUT2D eigenvalue weighted by Crippen LogP contribution is -2.15. The molecule has 1 N–H and O–H groups in total. The molecule has 1 rings (SSSR count). The van der Waals surface area contributed by atoms with Gasteiger partial charge in [0.1, 0.15) is 0 Å². The van der Waals surface area contributed by atoms with Crippen molar-refractivity contribution < 1.29 is 0 Å². The van der Waals surface area contributed by atoms with Crippen LogP contribution < -0.4 is 5.32 Å². The minimum atomic E-state index is -0.260.